The van der Waals surface area contributed by atoms with Crippen molar-refractivity contribution in [1.29, 1.82) is 0 Å². The van der Waals surface area contributed by atoms with Gasteiger partial charge in [0.15, 0.2) is 17.5 Å². The van der Waals surface area contributed by atoms with Crippen molar-refractivity contribution in [3.8, 4) is 39.9 Å². The zero-order valence-electron chi connectivity index (χ0n) is 34.3. The first-order chi connectivity index (χ1) is 31.7. The Morgan fingerprint density at radius 1 is 0.328 bits per heavy atom. The minimum atomic E-state index is 0.559. The number of furan rings is 1. The fourth-order valence-electron chi connectivity index (χ4n) is 10.3. The minimum absolute atomic E-state index is 0.559. The summed E-state index contributed by atoms with van der Waals surface area (Å²) in [6.07, 6.45) is 0. The number of aromatic nitrogens is 4. The standard InChI is InChI=1S/C59H34N4O/c1-2-14-36(15-3-1)57-60-58(62-59(61-57)49-33-39-18-7-8-19-42(39)45-21-10-11-22-46(45)49)48-24-12-23-47-55-44-28-27-41(31-40(44)26-30-53(55)64-56(47)48)63-51-29-25-35-13-6-9-20-43(35)54(51)50-32-37-16-4-5-17-38(37)34-52(50)63/h1-34H. The van der Waals surface area contributed by atoms with E-state index in [1.165, 1.54) is 48.7 Å². The molecule has 0 amide bonds. The van der Waals surface area contributed by atoms with Gasteiger partial charge in [0.1, 0.15) is 11.2 Å². The van der Waals surface area contributed by atoms with Gasteiger partial charge >= 0.3 is 0 Å². The van der Waals surface area contributed by atoms with E-state index in [-0.39, 0.29) is 0 Å². The molecule has 0 unspecified atom stereocenters. The van der Waals surface area contributed by atoms with Gasteiger partial charge in [-0.15, -0.1) is 0 Å². The van der Waals surface area contributed by atoms with Gasteiger partial charge in [0.25, 0.3) is 0 Å². The molecule has 3 aromatic heterocycles. The van der Waals surface area contributed by atoms with Gasteiger partial charge in [0.05, 0.1) is 16.6 Å². The second-order valence-corrected chi connectivity index (χ2v) is 16.7. The summed E-state index contributed by atoms with van der Waals surface area (Å²) in [6.45, 7) is 0. The molecule has 3 heterocycles. The maximum Gasteiger partial charge on any atom is 0.167 e. The fourth-order valence-corrected chi connectivity index (χ4v) is 10.3. The molecule has 0 N–H and O–H groups in total. The van der Waals surface area contributed by atoms with Crippen molar-refractivity contribution in [2.75, 3.05) is 0 Å². The van der Waals surface area contributed by atoms with Crippen LogP contribution in [-0.2, 0) is 0 Å². The van der Waals surface area contributed by atoms with E-state index in [4.69, 9.17) is 19.4 Å². The molecular formula is C59H34N4O. The Labute approximate surface area is 366 Å². The van der Waals surface area contributed by atoms with E-state index in [0.717, 1.165) is 71.2 Å². The predicted octanol–water partition coefficient (Wildman–Crippen LogP) is 15.6. The Kier molecular flexibility index (Phi) is 7.33. The molecule has 14 rings (SSSR count). The first kappa shape index (κ1) is 35.0. The number of hydrogen-bond acceptors (Lipinski definition) is 4. The second kappa shape index (κ2) is 13.4. The van der Waals surface area contributed by atoms with Crippen LogP contribution in [0.25, 0.3) is 137 Å². The van der Waals surface area contributed by atoms with Crippen LogP contribution in [0.3, 0.4) is 0 Å². The quantitative estimate of drug-likeness (QED) is 0.166. The van der Waals surface area contributed by atoms with E-state index in [9.17, 15) is 0 Å². The third-order valence-electron chi connectivity index (χ3n) is 13.2. The molecule has 0 radical (unpaired) electrons. The highest BCUT2D eigenvalue weighted by Crippen LogP contribution is 2.43. The zero-order chi connectivity index (χ0) is 41.9. The van der Waals surface area contributed by atoms with Crippen molar-refractivity contribution in [2.24, 2.45) is 0 Å². The number of hydrogen-bond donors (Lipinski definition) is 0. The van der Waals surface area contributed by atoms with Gasteiger partial charge < -0.3 is 8.98 Å². The summed E-state index contributed by atoms with van der Waals surface area (Å²) in [6, 6.07) is 73.4. The smallest absolute Gasteiger partial charge is 0.167 e. The van der Waals surface area contributed by atoms with Crippen LogP contribution in [0.15, 0.2) is 211 Å². The van der Waals surface area contributed by atoms with Gasteiger partial charge in [-0.2, -0.15) is 0 Å². The van der Waals surface area contributed by atoms with Crippen molar-refractivity contribution >= 4 is 97.6 Å². The van der Waals surface area contributed by atoms with Crippen molar-refractivity contribution < 1.29 is 4.42 Å². The molecule has 0 bridgehead atoms. The van der Waals surface area contributed by atoms with Crippen LogP contribution in [0.4, 0.5) is 0 Å². The summed E-state index contributed by atoms with van der Waals surface area (Å²) < 4.78 is 9.29. The average molecular weight is 815 g/mol. The fraction of sp³-hybridized carbons (Fsp3) is 0. The van der Waals surface area contributed by atoms with Gasteiger partial charge in [-0.25, -0.2) is 15.0 Å². The lowest BCUT2D eigenvalue weighted by atomic mass is 9.97. The Morgan fingerprint density at radius 3 is 1.80 bits per heavy atom. The van der Waals surface area contributed by atoms with Gasteiger partial charge in [0, 0.05) is 38.4 Å². The molecule has 0 aliphatic carbocycles. The molecule has 0 saturated heterocycles. The number of para-hydroxylation sites is 1. The molecule has 5 heteroatoms. The second-order valence-electron chi connectivity index (χ2n) is 16.7. The largest absolute Gasteiger partial charge is 0.455 e. The highest BCUT2D eigenvalue weighted by molar-refractivity contribution is 6.24. The van der Waals surface area contributed by atoms with Gasteiger partial charge in [-0.3, -0.25) is 0 Å². The predicted molar refractivity (Wildman–Crippen MR) is 265 cm³/mol. The summed E-state index contributed by atoms with van der Waals surface area (Å²) in [5, 5.41) is 16.4. The topological polar surface area (TPSA) is 56.7 Å². The third-order valence-corrected chi connectivity index (χ3v) is 13.2. The SMILES string of the molecule is c1ccc(-c2nc(-c3cc4ccccc4c4ccccc34)nc(-c3cccc4c3oc3ccc5cc(-n6c7cc8ccccc8cc7c7c8ccccc8ccc76)ccc5c34)n2)cc1. The summed E-state index contributed by atoms with van der Waals surface area (Å²) in [5.74, 6) is 1.78. The van der Waals surface area contributed by atoms with E-state index in [2.05, 4.69) is 180 Å². The molecule has 0 aliphatic heterocycles. The normalized spacial score (nSPS) is 12.1. The van der Waals surface area contributed by atoms with Gasteiger partial charge in [0.2, 0.25) is 0 Å². The molecule has 296 valence electrons. The third kappa shape index (κ3) is 5.15. The monoisotopic (exact) mass is 814 g/mol. The summed E-state index contributed by atoms with van der Waals surface area (Å²) in [7, 11) is 0. The Hall–Kier alpha value is -8.67. The van der Waals surface area contributed by atoms with Gasteiger partial charge in [-0.1, -0.05) is 158 Å². The van der Waals surface area contributed by atoms with Crippen LogP contribution in [0.2, 0.25) is 0 Å². The Morgan fingerprint density at radius 2 is 0.953 bits per heavy atom. The van der Waals surface area contributed by atoms with Crippen molar-refractivity contribution in [1.82, 2.24) is 19.5 Å². The van der Waals surface area contributed by atoms with Crippen LogP contribution < -0.4 is 0 Å². The number of rotatable bonds is 4. The van der Waals surface area contributed by atoms with Crippen LogP contribution in [0.5, 0.6) is 0 Å². The number of nitrogens with zero attached hydrogens (tertiary/aromatic N) is 4. The average Bonchev–Trinajstić information content (AvgIpc) is 3.91. The van der Waals surface area contributed by atoms with E-state index in [0.29, 0.717) is 17.5 Å². The highest BCUT2D eigenvalue weighted by Gasteiger charge is 2.21. The first-order valence-electron chi connectivity index (χ1n) is 21.7. The molecular weight excluding hydrogens is 781 g/mol. The lowest BCUT2D eigenvalue weighted by molar-refractivity contribution is 0.670. The molecule has 0 spiro atoms. The van der Waals surface area contributed by atoms with Crippen LogP contribution in [0.1, 0.15) is 0 Å². The molecule has 14 aromatic rings. The summed E-state index contributed by atoms with van der Waals surface area (Å²) in [4.78, 5) is 15.6. The zero-order valence-corrected chi connectivity index (χ0v) is 34.3. The molecule has 0 fully saturated rings. The summed E-state index contributed by atoms with van der Waals surface area (Å²) in [5.41, 5.74) is 7.73. The van der Waals surface area contributed by atoms with E-state index >= 15 is 0 Å². The van der Waals surface area contributed by atoms with E-state index in [1.807, 2.05) is 30.3 Å². The van der Waals surface area contributed by atoms with Crippen molar-refractivity contribution in [2.45, 2.75) is 0 Å². The summed E-state index contributed by atoms with van der Waals surface area (Å²) >= 11 is 0. The lowest BCUT2D eigenvalue weighted by Gasteiger charge is -2.12. The molecule has 0 saturated carbocycles. The first-order valence-corrected chi connectivity index (χ1v) is 21.7. The minimum Gasteiger partial charge on any atom is -0.455 e. The highest BCUT2D eigenvalue weighted by atomic mass is 16.3. The van der Waals surface area contributed by atoms with Gasteiger partial charge in [-0.05, 0) is 102 Å². The molecule has 0 atom stereocenters. The van der Waals surface area contributed by atoms with Crippen LogP contribution >= 0.6 is 0 Å². The van der Waals surface area contributed by atoms with E-state index in [1.54, 1.807) is 0 Å². The maximum atomic E-state index is 6.86. The van der Waals surface area contributed by atoms with Crippen LogP contribution in [-0.4, -0.2) is 19.5 Å². The van der Waals surface area contributed by atoms with Crippen LogP contribution in [0, 0.1) is 0 Å². The number of fused-ring (bicyclic) bond motifs is 14. The van der Waals surface area contributed by atoms with E-state index < -0.39 is 0 Å². The van der Waals surface area contributed by atoms with Crippen molar-refractivity contribution in [3.63, 3.8) is 0 Å². The van der Waals surface area contributed by atoms with Crippen molar-refractivity contribution in [3.05, 3.63) is 206 Å². The Bertz CT molecular complexity index is 4260. The molecule has 64 heavy (non-hydrogen) atoms. The molecule has 11 aromatic carbocycles. The Balaban J connectivity index is 0.974. The number of benzene rings is 11. The lowest BCUT2D eigenvalue weighted by Crippen LogP contribution is -2.01. The molecule has 0 aliphatic rings. The maximum absolute atomic E-state index is 6.86. The molecule has 5 nitrogen and oxygen atoms in total.